The lowest BCUT2D eigenvalue weighted by molar-refractivity contribution is -0.123. The Kier molecular flexibility index (Phi) is 4.52. The third-order valence-electron chi connectivity index (χ3n) is 3.73. The molecule has 0 aromatic heterocycles. The zero-order valence-electron chi connectivity index (χ0n) is 11.4. The standard InChI is InChI=1S/C12H26N4O/c1-9(7-12(3,14)11(13)17)16-6-5-15(4)8-10(16)2/h9-10H,5-8,14H2,1-4H3,(H2,13,17). The molecule has 0 aliphatic carbocycles. The van der Waals surface area contributed by atoms with Crippen LogP contribution in [0.4, 0.5) is 0 Å². The number of nitrogens with two attached hydrogens (primary N) is 2. The van der Waals surface area contributed by atoms with Gasteiger partial charge in [0.05, 0.1) is 5.54 Å². The monoisotopic (exact) mass is 242 g/mol. The molecule has 3 atom stereocenters. The molecular weight excluding hydrogens is 216 g/mol. The van der Waals surface area contributed by atoms with Gasteiger partial charge >= 0.3 is 0 Å². The topological polar surface area (TPSA) is 75.6 Å². The van der Waals surface area contributed by atoms with Crippen LogP contribution in [0.5, 0.6) is 0 Å². The van der Waals surface area contributed by atoms with Gasteiger partial charge in [0.1, 0.15) is 0 Å². The van der Waals surface area contributed by atoms with Crippen LogP contribution in [0.3, 0.4) is 0 Å². The van der Waals surface area contributed by atoms with E-state index >= 15 is 0 Å². The average Bonchev–Trinajstić information content (AvgIpc) is 2.15. The largest absolute Gasteiger partial charge is 0.368 e. The van der Waals surface area contributed by atoms with Crippen LogP contribution in [0.25, 0.3) is 0 Å². The Bertz CT molecular complexity index is 280. The highest BCUT2D eigenvalue weighted by molar-refractivity contribution is 5.83. The smallest absolute Gasteiger partial charge is 0.237 e. The predicted octanol–water partition coefficient (Wildman–Crippen LogP) is -0.396. The van der Waals surface area contributed by atoms with E-state index in [9.17, 15) is 4.79 Å². The summed E-state index contributed by atoms with van der Waals surface area (Å²) in [5, 5.41) is 0. The van der Waals surface area contributed by atoms with Crippen LogP contribution in [0.1, 0.15) is 27.2 Å². The summed E-state index contributed by atoms with van der Waals surface area (Å²) in [6.07, 6.45) is 0.608. The summed E-state index contributed by atoms with van der Waals surface area (Å²) < 4.78 is 0. The molecule has 5 heteroatoms. The number of hydrogen-bond donors (Lipinski definition) is 2. The number of carbonyl (C=O) groups excluding carboxylic acids is 1. The van der Waals surface area contributed by atoms with E-state index in [1.54, 1.807) is 6.92 Å². The molecular formula is C12H26N4O. The van der Waals surface area contributed by atoms with Crippen molar-refractivity contribution in [3.8, 4) is 0 Å². The maximum absolute atomic E-state index is 11.2. The molecule has 0 spiro atoms. The first kappa shape index (κ1) is 14.4. The van der Waals surface area contributed by atoms with Crippen LogP contribution in [-0.2, 0) is 4.79 Å². The Labute approximate surface area is 104 Å². The number of piperazine rings is 1. The first-order valence-corrected chi connectivity index (χ1v) is 6.27. The van der Waals surface area contributed by atoms with Crippen LogP contribution in [0, 0.1) is 0 Å². The summed E-state index contributed by atoms with van der Waals surface area (Å²) in [7, 11) is 2.13. The molecule has 0 saturated carbocycles. The van der Waals surface area contributed by atoms with Gasteiger partial charge in [-0.1, -0.05) is 0 Å². The SMILES string of the molecule is CC1CN(C)CCN1C(C)CC(C)(N)C(N)=O. The van der Waals surface area contributed by atoms with Crippen molar-refractivity contribution in [1.29, 1.82) is 0 Å². The second-order valence-electron chi connectivity index (χ2n) is 5.68. The molecule has 1 saturated heterocycles. The molecule has 1 heterocycles. The minimum absolute atomic E-state index is 0.279. The molecule has 1 rings (SSSR count). The highest BCUT2D eigenvalue weighted by atomic mass is 16.1. The fraction of sp³-hybridized carbons (Fsp3) is 0.917. The third-order valence-corrected chi connectivity index (χ3v) is 3.73. The van der Waals surface area contributed by atoms with E-state index in [1.165, 1.54) is 0 Å². The molecule has 4 N–H and O–H groups in total. The second-order valence-corrected chi connectivity index (χ2v) is 5.68. The summed E-state index contributed by atoms with van der Waals surface area (Å²) in [5.74, 6) is -0.425. The number of amides is 1. The van der Waals surface area contributed by atoms with Crippen LogP contribution < -0.4 is 11.5 Å². The van der Waals surface area contributed by atoms with Gasteiger partial charge in [0.25, 0.3) is 0 Å². The molecule has 1 amide bonds. The van der Waals surface area contributed by atoms with Crippen molar-refractivity contribution in [2.45, 2.75) is 44.8 Å². The zero-order valence-corrected chi connectivity index (χ0v) is 11.4. The number of hydrogen-bond acceptors (Lipinski definition) is 4. The van der Waals surface area contributed by atoms with Gasteiger partial charge in [-0.2, -0.15) is 0 Å². The Morgan fingerprint density at radius 3 is 2.59 bits per heavy atom. The van der Waals surface area contributed by atoms with Crippen molar-refractivity contribution in [1.82, 2.24) is 9.80 Å². The number of likely N-dealkylation sites (N-methyl/N-ethyl adjacent to an activating group) is 1. The van der Waals surface area contributed by atoms with Gasteiger partial charge in [0.15, 0.2) is 0 Å². The Morgan fingerprint density at radius 2 is 2.12 bits per heavy atom. The van der Waals surface area contributed by atoms with Gasteiger partial charge in [-0.3, -0.25) is 9.69 Å². The highest BCUT2D eigenvalue weighted by Gasteiger charge is 2.33. The molecule has 0 radical (unpaired) electrons. The molecule has 3 unspecified atom stereocenters. The first-order valence-electron chi connectivity index (χ1n) is 6.27. The molecule has 5 nitrogen and oxygen atoms in total. The van der Waals surface area contributed by atoms with Gasteiger partial charge in [-0.05, 0) is 34.2 Å². The minimum atomic E-state index is -0.914. The molecule has 0 aromatic rings. The van der Waals surface area contributed by atoms with Gasteiger partial charge in [-0.15, -0.1) is 0 Å². The normalized spacial score (nSPS) is 28.6. The third kappa shape index (κ3) is 3.66. The Hall–Kier alpha value is -0.650. The molecule has 1 aliphatic heterocycles. The Balaban J connectivity index is 2.58. The Morgan fingerprint density at radius 1 is 1.53 bits per heavy atom. The van der Waals surface area contributed by atoms with Crippen molar-refractivity contribution < 1.29 is 4.79 Å². The quantitative estimate of drug-likeness (QED) is 0.703. The predicted molar refractivity (Wildman–Crippen MR) is 69.5 cm³/mol. The molecule has 0 aromatic carbocycles. The van der Waals surface area contributed by atoms with Gasteiger partial charge in [-0.25, -0.2) is 0 Å². The summed E-state index contributed by atoms with van der Waals surface area (Å²) in [6.45, 7) is 9.19. The maximum atomic E-state index is 11.2. The average molecular weight is 242 g/mol. The molecule has 0 bridgehead atoms. The summed E-state index contributed by atoms with van der Waals surface area (Å²) in [4.78, 5) is 16.0. The summed E-state index contributed by atoms with van der Waals surface area (Å²) in [6, 6.07) is 0.772. The van der Waals surface area contributed by atoms with E-state index in [0.29, 0.717) is 12.5 Å². The molecule has 17 heavy (non-hydrogen) atoms. The zero-order chi connectivity index (χ0) is 13.2. The second kappa shape index (κ2) is 5.33. The number of nitrogens with zero attached hydrogens (tertiary/aromatic N) is 2. The van der Waals surface area contributed by atoms with Gasteiger partial charge in [0.2, 0.25) is 5.91 Å². The number of rotatable bonds is 4. The van der Waals surface area contributed by atoms with E-state index in [4.69, 9.17) is 11.5 Å². The van der Waals surface area contributed by atoms with Crippen LogP contribution in [0.2, 0.25) is 0 Å². The summed E-state index contributed by atoms with van der Waals surface area (Å²) in [5.41, 5.74) is 10.3. The lowest BCUT2D eigenvalue weighted by atomic mass is 9.92. The number of carbonyl (C=O) groups is 1. The van der Waals surface area contributed by atoms with Crippen molar-refractivity contribution in [3.05, 3.63) is 0 Å². The molecule has 1 aliphatic rings. The van der Waals surface area contributed by atoms with Gasteiger partial charge < -0.3 is 16.4 Å². The minimum Gasteiger partial charge on any atom is -0.368 e. The van der Waals surface area contributed by atoms with Crippen molar-refractivity contribution >= 4 is 5.91 Å². The molecule has 1 fully saturated rings. The van der Waals surface area contributed by atoms with E-state index in [0.717, 1.165) is 19.6 Å². The van der Waals surface area contributed by atoms with Crippen LogP contribution in [0.15, 0.2) is 0 Å². The lowest BCUT2D eigenvalue weighted by Gasteiger charge is -2.43. The fourth-order valence-electron chi connectivity index (χ4n) is 2.64. The van der Waals surface area contributed by atoms with Crippen LogP contribution in [-0.4, -0.2) is 60.0 Å². The van der Waals surface area contributed by atoms with Crippen LogP contribution >= 0.6 is 0 Å². The van der Waals surface area contributed by atoms with E-state index < -0.39 is 11.4 Å². The van der Waals surface area contributed by atoms with Gasteiger partial charge in [0, 0.05) is 31.7 Å². The van der Waals surface area contributed by atoms with Crippen molar-refractivity contribution in [2.75, 3.05) is 26.7 Å². The van der Waals surface area contributed by atoms with E-state index in [1.807, 2.05) is 0 Å². The molecule has 100 valence electrons. The highest BCUT2D eigenvalue weighted by Crippen LogP contribution is 2.18. The maximum Gasteiger partial charge on any atom is 0.237 e. The lowest BCUT2D eigenvalue weighted by Crippen LogP contribution is -2.58. The van der Waals surface area contributed by atoms with Crippen molar-refractivity contribution in [2.24, 2.45) is 11.5 Å². The number of primary amides is 1. The summed E-state index contributed by atoms with van der Waals surface area (Å²) >= 11 is 0. The van der Waals surface area contributed by atoms with E-state index in [-0.39, 0.29) is 6.04 Å². The fourth-order valence-corrected chi connectivity index (χ4v) is 2.64. The first-order chi connectivity index (χ1) is 7.74. The van der Waals surface area contributed by atoms with Crippen molar-refractivity contribution in [3.63, 3.8) is 0 Å². The van der Waals surface area contributed by atoms with E-state index in [2.05, 4.69) is 30.7 Å².